The molecule has 0 radical (unpaired) electrons. The number of rotatable bonds is 3. The molecule has 0 aliphatic heterocycles. The van der Waals surface area contributed by atoms with E-state index in [0.29, 0.717) is 5.82 Å². The van der Waals surface area contributed by atoms with Crippen LogP contribution in [-0.4, -0.2) is 41.1 Å². The molecule has 0 spiro atoms. The molecular formula is C9H12N6O2. The summed E-state index contributed by atoms with van der Waals surface area (Å²) in [6.07, 6.45) is 1.62. The van der Waals surface area contributed by atoms with Crippen molar-refractivity contribution in [3.8, 4) is 11.4 Å². The summed E-state index contributed by atoms with van der Waals surface area (Å²) in [7, 11) is 1.80. The van der Waals surface area contributed by atoms with E-state index in [4.69, 9.17) is 5.11 Å². The molecule has 0 aromatic carbocycles. The zero-order chi connectivity index (χ0) is 12.6. The second-order valence-corrected chi connectivity index (χ2v) is 3.73. The first kappa shape index (κ1) is 11.2. The number of aromatic nitrogens is 6. The monoisotopic (exact) mass is 236 g/mol. The van der Waals surface area contributed by atoms with E-state index in [-0.39, 0.29) is 0 Å². The molecule has 8 heteroatoms. The van der Waals surface area contributed by atoms with Gasteiger partial charge in [0.15, 0.2) is 11.9 Å². The Morgan fingerprint density at radius 2 is 2.24 bits per heavy atom. The first-order valence-corrected chi connectivity index (χ1v) is 5.02. The summed E-state index contributed by atoms with van der Waals surface area (Å²) in [6, 6.07) is -0.820. The third-order valence-corrected chi connectivity index (χ3v) is 2.69. The smallest absolute Gasteiger partial charge is 0.328 e. The maximum Gasteiger partial charge on any atom is 0.328 e. The predicted molar refractivity (Wildman–Crippen MR) is 57.1 cm³/mol. The zero-order valence-corrected chi connectivity index (χ0v) is 9.69. The average molecular weight is 236 g/mol. The fraction of sp³-hybridized carbons (Fsp3) is 0.444. The molecule has 0 saturated heterocycles. The van der Waals surface area contributed by atoms with Crippen molar-refractivity contribution in [1.82, 2.24) is 30.0 Å². The van der Waals surface area contributed by atoms with Gasteiger partial charge in [0.05, 0.1) is 11.8 Å². The van der Waals surface area contributed by atoms with Gasteiger partial charge in [-0.3, -0.25) is 4.68 Å². The number of hydrogen-bond acceptors (Lipinski definition) is 5. The van der Waals surface area contributed by atoms with Gasteiger partial charge < -0.3 is 5.11 Å². The molecule has 2 rings (SSSR count). The van der Waals surface area contributed by atoms with Crippen LogP contribution in [0.15, 0.2) is 6.20 Å². The first-order valence-electron chi connectivity index (χ1n) is 5.02. The number of aliphatic carboxylic acids is 1. The number of tetrazole rings is 1. The van der Waals surface area contributed by atoms with Crippen LogP contribution >= 0.6 is 0 Å². The highest BCUT2D eigenvalue weighted by Gasteiger charge is 2.22. The van der Waals surface area contributed by atoms with Crippen LogP contribution in [0.25, 0.3) is 11.4 Å². The molecule has 90 valence electrons. The summed E-state index contributed by atoms with van der Waals surface area (Å²) in [5, 5.41) is 24.1. The topological polar surface area (TPSA) is 98.7 Å². The number of carbonyl (C=O) groups is 1. The molecule has 2 heterocycles. The lowest BCUT2D eigenvalue weighted by molar-refractivity contribution is -0.140. The molecule has 0 aliphatic carbocycles. The van der Waals surface area contributed by atoms with Crippen LogP contribution in [-0.2, 0) is 11.8 Å². The van der Waals surface area contributed by atoms with E-state index in [9.17, 15) is 4.79 Å². The Balaban J connectivity index is 2.51. The Kier molecular flexibility index (Phi) is 2.62. The van der Waals surface area contributed by atoms with Gasteiger partial charge in [0, 0.05) is 12.7 Å². The van der Waals surface area contributed by atoms with Crippen molar-refractivity contribution in [2.75, 3.05) is 0 Å². The van der Waals surface area contributed by atoms with Crippen LogP contribution in [0.3, 0.4) is 0 Å². The van der Waals surface area contributed by atoms with Crippen molar-refractivity contribution in [3.63, 3.8) is 0 Å². The SMILES string of the molecule is Cc1c(-c2nnnn2C(C)C(=O)O)cnn1C. The first-order chi connectivity index (χ1) is 8.02. The number of aryl methyl sites for hydroxylation is 1. The summed E-state index contributed by atoms with van der Waals surface area (Å²) in [5.41, 5.74) is 1.60. The Morgan fingerprint density at radius 1 is 1.53 bits per heavy atom. The Morgan fingerprint density at radius 3 is 2.76 bits per heavy atom. The number of carboxylic acids is 1. The normalized spacial score (nSPS) is 12.6. The van der Waals surface area contributed by atoms with Crippen molar-refractivity contribution in [2.24, 2.45) is 7.05 Å². The van der Waals surface area contributed by atoms with Crippen molar-refractivity contribution >= 4 is 5.97 Å². The molecule has 0 aliphatic rings. The summed E-state index contributed by atoms with van der Waals surface area (Å²) in [4.78, 5) is 10.9. The van der Waals surface area contributed by atoms with E-state index >= 15 is 0 Å². The van der Waals surface area contributed by atoms with Crippen LogP contribution in [0.2, 0.25) is 0 Å². The summed E-state index contributed by atoms with van der Waals surface area (Å²) in [5.74, 6) is -0.578. The van der Waals surface area contributed by atoms with E-state index in [0.717, 1.165) is 11.3 Å². The summed E-state index contributed by atoms with van der Waals surface area (Å²) < 4.78 is 2.95. The molecule has 1 N–H and O–H groups in total. The zero-order valence-electron chi connectivity index (χ0n) is 9.69. The van der Waals surface area contributed by atoms with E-state index in [1.807, 2.05) is 6.92 Å². The van der Waals surface area contributed by atoms with Crippen LogP contribution in [0.1, 0.15) is 18.7 Å². The minimum atomic E-state index is -0.986. The number of carboxylic acid groups (broad SMARTS) is 1. The number of hydrogen-bond donors (Lipinski definition) is 1. The molecule has 0 amide bonds. The standard InChI is InChI=1S/C9H12N6O2/c1-5-7(4-10-14(5)3)8-11-12-13-15(8)6(2)9(16)17/h4,6H,1-3H3,(H,16,17). The molecule has 8 nitrogen and oxygen atoms in total. The van der Waals surface area contributed by atoms with E-state index in [1.165, 1.54) is 11.6 Å². The Bertz CT molecular complexity index is 558. The number of nitrogens with zero attached hydrogens (tertiary/aromatic N) is 6. The third kappa shape index (κ3) is 1.77. The van der Waals surface area contributed by atoms with Gasteiger partial charge in [-0.25, -0.2) is 9.48 Å². The molecule has 2 aromatic heterocycles. The minimum Gasteiger partial charge on any atom is -0.480 e. The Labute approximate surface area is 96.9 Å². The van der Waals surface area contributed by atoms with Crippen LogP contribution < -0.4 is 0 Å². The van der Waals surface area contributed by atoms with E-state index in [2.05, 4.69) is 20.6 Å². The highest BCUT2D eigenvalue weighted by Crippen LogP contribution is 2.21. The van der Waals surface area contributed by atoms with Gasteiger partial charge in [0.25, 0.3) is 0 Å². The van der Waals surface area contributed by atoms with E-state index in [1.54, 1.807) is 17.9 Å². The van der Waals surface area contributed by atoms with Crippen LogP contribution in [0.4, 0.5) is 0 Å². The van der Waals surface area contributed by atoms with Gasteiger partial charge in [-0.15, -0.1) is 5.10 Å². The van der Waals surface area contributed by atoms with Crippen LogP contribution in [0.5, 0.6) is 0 Å². The lowest BCUT2D eigenvalue weighted by Gasteiger charge is -2.07. The fourth-order valence-corrected chi connectivity index (χ4v) is 1.45. The highest BCUT2D eigenvalue weighted by atomic mass is 16.4. The van der Waals surface area contributed by atoms with Gasteiger partial charge in [-0.1, -0.05) is 0 Å². The largest absolute Gasteiger partial charge is 0.480 e. The van der Waals surface area contributed by atoms with Gasteiger partial charge in [0.2, 0.25) is 0 Å². The lowest BCUT2D eigenvalue weighted by Crippen LogP contribution is -2.18. The molecular weight excluding hydrogens is 224 g/mol. The molecule has 1 atom stereocenters. The van der Waals surface area contributed by atoms with Crippen LogP contribution in [0, 0.1) is 6.92 Å². The highest BCUT2D eigenvalue weighted by molar-refractivity contribution is 5.72. The van der Waals surface area contributed by atoms with Crippen molar-refractivity contribution in [1.29, 1.82) is 0 Å². The summed E-state index contributed by atoms with van der Waals surface area (Å²) >= 11 is 0. The third-order valence-electron chi connectivity index (χ3n) is 2.69. The molecule has 2 aromatic rings. The van der Waals surface area contributed by atoms with Gasteiger partial charge >= 0.3 is 5.97 Å². The minimum absolute atomic E-state index is 0.408. The van der Waals surface area contributed by atoms with Crippen molar-refractivity contribution in [3.05, 3.63) is 11.9 Å². The fourth-order valence-electron chi connectivity index (χ4n) is 1.45. The second kappa shape index (κ2) is 3.96. The van der Waals surface area contributed by atoms with Gasteiger partial charge in [0.1, 0.15) is 0 Å². The van der Waals surface area contributed by atoms with E-state index < -0.39 is 12.0 Å². The van der Waals surface area contributed by atoms with Crippen molar-refractivity contribution < 1.29 is 9.90 Å². The predicted octanol–water partition coefficient (Wildman–Crippen LogP) is 0.0276. The average Bonchev–Trinajstić information content (AvgIpc) is 2.86. The lowest BCUT2D eigenvalue weighted by atomic mass is 10.2. The Hall–Kier alpha value is -2.25. The van der Waals surface area contributed by atoms with Gasteiger partial charge in [-0.2, -0.15) is 5.10 Å². The maximum absolute atomic E-state index is 10.9. The molecule has 1 unspecified atom stereocenters. The second-order valence-electron chi connectivity index (χ2n) is 3.73. The molecule has 0 saturated carbocycles. The molecule has 17 heavy (non-hydrogen) atoms. The molecule has 0 bridgehead atoms. The quantitative estimate of drug-likeness (QED) is 0.807. The van der Waals surface area contributed by atoms with Gasteiger partial charge in [-0.05, 0) is 24.3 Å². The summed E-state index contributed by atoms with van der Waals surface area (Å²) in [6.45, 7) is 3.39. The molecule has 0 fully saturated rings. The van der Waals surface area contributed by atoms with Crippen molar-refractivity contribution in [2.45, 2.75) is 19.9 Å². The maximum atomic E-state index is 10.9.